The van der Waals surface area contributed by atoms with Gasteiger partial charge in [0.25, 0.3) is 0 Å². The third-order valence-electron chi connectivity index (χ3n) is 17.4. The molecule has 2 unspecified atom stereocenters. The van der Waals surface area contributed by atoms with Crippen LogP contribution in [0.25, 0.3) is 0 Å². The summed E-state index contributed by atoms with van der Waals surface area (Å²) < 4.78 is 5.50. The van der Waals surface area contributed by atoms with Crippen molar-refractivity contribution in [1.82, 2.24) is 5.32 Å². The topological polar surface area (TPSA) is 95.9 Å². The fourth-order valence-corrected chi connectivity index (χ4v) is 11.7. The van der Waals surface area contributed by atoms with Gasteiger partial charge in [-0.15, -0.1) is 0 Å². The zero-order valence-electron chi connectivity index (χ0n) is 55.5. The molecule has 1 amide bonds. The van der Waals surface area contributed by atoms with E-state index in [1.54, 1.807) is 6.08 Å². The molecular formula is C76H145NO5. The van der Waals surface area contributed by atoms with Crippen molar-refractivity contribution in [3.05, 3.63) is 36.5 Å². The predicted octanol–water partition coefficient (Wildman–Crippen LogP) is 24.3. The van der Waals surface area contributed by atoms with E-state index in [0.29, 0.717) is 19.4 Å². The molecule has 0 heterocycles. The third-order valence-corrected chi connectivity index (χ3v) is 17.4. The van der Waals surface area contributed by atoms with Crippen LogP contribution >= 0.6 is 0 Å². The Morgan fingerprint density at radius 1 is 0.329 bits per heavy atom. The van der Waals surface area contributed by atoms with E-state index >= 15 is 0 Å². The molecule has 0 saturated carbocycles. The number of hydrogen-bond donors (Lipinski definition) is 3. The summed E-state index contributed by atoms with van der Waals surface area (Å²) in [6.07, 6.45) is 92.7. The van der Waals surface area contributed by atoms with Gasteiger partial charge in [-0.2, -0.15) is 0 Å². The van der Waals surface area contributed by atoms with Crippen molar-refractivity contribution in [3.63, 3.8) is 0 Å². The van der Waals surface area contributed by atoms with Gasteiger partial charge in [0.2, 0.25) is 5.91 Å². The maximum atomic E-state index is 12.4. The second kappa shape index (κ2) is 71.6. The van der Waals surface area contributed by atoms with Crippen LogP contribution in [0.4, 0.5) is 0 Å². The van der Waals surface area contributed by atoms with Crippen molar-refractivity contribution >= 4 is 11.9 Å². The van der Waals surface area contributed by atoms with Crippen LogP contribution < -0.4 is 5.32 Å². The quantitative estimate of drug-likeness (QED) is 0.0320. The highest BCUT2D eigenvalue weighted by atomic mass is 16.5. The van der Waals surface area contributed by atoms with E-state index in [9.17, 15) is 19.8 Å². The number of rotatable bonds is 70. The Labute approximate surface area is 513 Å². The average Bonchev–Trinajstić information content (AvgIpc) is 3.48. The van der Waals surface area contributed by atoms with Gasteiger partial charge in [-0.05, 0) is 83.5 Å². The monoisotopic (exact) mass is 1150 g/mol. The van der Waals surface area contributed by atoms with Crippen LogP contribution in [0.3, 0.4) is 0 Å². The second-order valence-corrected chi connectivity index (χ2v) is 25.6. The van der Waals surface area contributed by atoms with E-state index < -0.39 is 12.1 Å². The number of esters is 1. The molecule has 6 nitrogen and oxygen atoms in total. The molecule has 0 radical (unpaired) electrons. The Morgan fingerprint density at radius 2 is 0.573 bits per heavy atom. The van der Waals surface area contributed by atoms with Gasteiger partial charge in [-0.25, -0.2) is 0 Å². The molecule has 0 aromatic heterocycles. The molecule has 2 atom stereocenters. The lowest BCUT2D eigenvalue weighted by atomic mass is 10.0. The minimum absolute atomic E-state index is 0.0147. The van der Waals surface area contributed by atoms with Gasteiger partial charge in [0.1, 0.15) is 0 Å². The van der Waals surface area contributed by atoms with Crippen LogP contribution in [0.5, 0.6) is 0 Å². The standard InChI is InChI=1S/C76H145NO5/c1-3-5-7-9-11-13-15-16-42-46-50-54-58-62-66-70-76(81)82-71-67-63-59-55-51-47-44-41-39-37-35-33-31-29-27-25-23-21-19-17-18-20-22-24-26-28-30-32-34-36-38-40-43-45-49-53-57-61-65-69-75(80)77-73(72-78)74(79)68-64-60-56-52-48-14-12-10-8-6-4-2/h16-18,42,64,68,73-74,78-79H,3-15,19-41,43-63,65-67,69-72H2,1-2H3,(H,77,80)/b18-17-,42-16-,68-64+. The third kappa shape index (κ3) is 67.2. The molecule has 0 aliphatic rings. The Bertz CT molecular complexity index is 1330. The summed E-state index contributed by atoms with van der Waals surface area (Å²) in [5.74, 6) is -0.0486. The molecule has 0 fully saturated rings. The molecule has 6 heteroatoms. The minimum Gasteiger partial charge on any atom is -0.466 e. The zero-order valence-corrected chi connectivity index (χ0v) is 55.5. The number of amides is 1. The van der Waals surface area contributed by atoms with Crippen LogP contribution in [0, 0.1) is 0 Å². The maximum Gasteiger partial charge on any atom is 0.305 e. The molecule has 0 aliphatic heterocycles. The van der Waals surface area contributed by atoms with Crippen LogP contribution in [0.2, 0.25) is 0 Å². The molecule has 0 saturated heterocycles. The van der Waals surface area contributed by atoms with Crippen LogP contribution in [0.1, 0.15) is 412 Å². The lowest BCUT2D eigenvalue weighted by Crippen LogP contribution is -2.45. The van der Waals surface area contributed by atoms with Gasteiger partial charge in [0.15, 0.2) is 0 Å². The molecule has 3 N–H and O–H groups in total. The van der Waals surface area contributed by atoms with Crippen LogP contribution in [-0.4, -0.2) is 47.4 Å². The number of carbonyl (C=O) groups is 2. The highest BCUT2D eigenvalue weighted by Gasteiger charge is 2.18. The van der Waals surface area contributed by atoms with Crippen LogP contribution in [0.15, 0.2) is 36.5 Å². The molecule has 0 aromatic carbocycles. The number of allylic oxidation sites excluding steroid dienone is 5. The van der Waals surface area contributed by atoms with E-state index in [4.69, 9.17) is 4.74 Å². The fraction of sp³-hybridized carbons (Fsp3) is 0.895. The molecule has 484 valence electrons. The normalized spacial score (nSPS) is 12.7. The molecule has 0 bridgehead atoms. The number of nitrogens with one attached hydrogen (secondary N) is 1. The lowest BCUT2D eigenvalue weighted by Gasteiger charge is -2.20. The summed E-state index contributed by atoms with van der Waals surface area (Å²) in [6, 6.07) is -0.623. The number of ether oxygens (including phenoxy) is 1. The number of carbonyl (C=O) groups excluding carboxylic acids is 2. The molecular weight excluding hydrogens is 1010 g/mol. The SMILES string of the molecule is CCCCCCCC/C=C\CCCCCCCC(=O)OCCCCCCCCCCCCCCCCCCCC/C=C\CCCCCCCCCCCCCCCCCCCC(=O)NC(CO)C(O)/C=C/CCCCCCCCCCC. The number of aliphatic hydroxyl groups is 2. The first-order valence-corrected chi connectivity index (χ1v) is 37.3. The Morgan fingerprint density at radius 3 is 0.866 bits per heavy atom. The van der Waals surface area contributed by atoms with Crippen molar-refractivity contribution in [2.24, 2.45) is 0 Å². The summed E-state index contributed by atoms with van der Waals surface area (Å²) in [5, 5.41) is 23.1. The first-order valence-electron chi connectivity index (χ1n) is 37.3. The Balaban J connectivity index is 3.31. The molecule has 0 aromatic rings. The summed E-state index contributed by atoms with van der Waals surface area (Å²) in [6.45, 7) is 4.91. The smallest absolute Gasteiger partial charge is 0.305 e. The summed E-state index contributed by atoms with van der Waals surface area (Å²) in [7, 11) is 0. The predicted molar refractivity (Wildman–Crippen MR) is 361 cm³/mol. The van der Waals surface area contributed by atoms with Gasteiger partial charge in [0.05, 0.1) is 25.4 Å². The van der Waals surface area contributed by atoms with E-state index in [1.807, 2.05) is 6.08 Å². The molecule has 0 rings (SSSR count). The van der Waals surface area contributed by atoms with Gasteiger partial charge in [-0.3, -0.25) is 9.59 Å². The lowest BCUT2D eigenvalue weighted by molar-refractivity contribution is -0.143. The van der Waals surface area contributed by atoms with Crippen molar-refractivity contribution < 1.29 is 24.5 Å². The average molecular weight is 1150 g/mol. The first-order chi connectivity index (χ1) is 40.5. The Hall–Kier alpha value is -1.92. The number of unbranched alkanes of at least 4 members (excludes halogenated alkanes) is 55. The first kappa shape index (κ1) is 80.1. The Kier molecular flexibility index (Phi) is 69.9. The summed E-state index contributed by atoms with van der Waals surface area (Å²) in [5.41, 5.74) is 0. The maximum absolute atomic E-state index is 12.4. The molecule has 0 aliphatic carbocycles. The molecule has 0 spiro atoms. The van der Waals surface area contributed by atoms with Gasteiger partial charge >= 0.3 is 5.97 Å². The summed E-state index contributed by atoms with van der Waals surface area (Å²) >= 11 is 0. The summed E-state index contributed by atoms with van der Waals surface area (Å²) in [4.78, 5) is 24.5. The van der Waals surface area contributed by atoms with Crippen molar-refractivity contribution in [2.75, 3.05) is 13.2 Å². The zero-order chi connectivity index (χ0) is 59.2. The second-order valence-electron chi connectivity index (χ2n) is 25.6. The fourth-order valence-electron chi connectivity index (χ4n) is 11.7. The van der Waals surface area contributed by atoms with Crippen LogP contribution in [-0.2, 0) is 14.3 Å². The van der Waals surface area contributed by atoms with E-state index in [-0.39, 0.29) is 18.5 Å². The number of hydrogen-bond acceptors (Lipinski definition) is 5. The van der Waals surface area contributed by atoms with Crippen molar-refractivity contribution in [1.29, 1.82) is 0 Å². The van der Waals surface area contributed by atoms with E-state index in [0.717, 1.165) is 44.9 Å². The highest BCUT2D eigenvalue weighted by molar-refractivity contribution is 5.76. The molecule has 82 heavy (non-hydrogen) atoms. The largest absolute Gasteiger partial charge is 0.466 e. The van der Waals surface area contributed by atoms with Gasteiger partial charge in [0, 0.05) is 12.8 Å². The minimum atomic E-state index is -0.840. The van der Waals surface area contributed by atoms with E-state index in [1.165, 1.54) is 340 Å². The van der Waals surface area contributed by atoms with E-state index in [2.05, 4.69) is 43.5 Å². The number of aliphatic hydroxyl groups excluding tert-OH is 2. The van der Waals surface area contributed by atoms with Crippen molar-refractivity contribution in [2.45, 2.75) is 424 Å². The van der Waals surface area contributed by atoms with Gasteiger partial charge < -0.3 is 20.3 Å². The van der Waals surface area contributed by atoms with Crippen molar-refractivity contribution in [3.8, 4) is 0 Å². The highest BCUT2D eigenvalue weighted by Crippen LogP contribution is 2.19. The van der Waals surface area contributed by atoms with Gasteiger partial charge in [-0.1, -0.05) is 352 Å².